The normalized spacial score (nSPS) is 12.7. The molecule has 2 aromatic heterocycles. The van der Waals surface area contributed by atoms with E-state index in [0.717, 1.165) is 23.5 Å². The molecular weight excluding hydrogens is 300 g/mol. The Morgan fingerprint density at radius 2 is 2.14 bits per heavy atom. The Labute approximate surface area is 133 Å². The number of pyridine rings is 1. The van der Waals surface area contributed by atoms with E-state index in [1.54, 1.807) is 11.3 Å². The third kappa shape index (κ3) is 3.26. The maximum absolute atomic E-state index is 6.15. The Balaban J connectivity index is 2.01. The maximum Gasteiger partial charge on any atom is 0.0809 e. The summed E-state index contributed by atoms with van der Waals surface area (Å²) in [6.45, 7) is 3.13. The summed E-state index contributed by atoms with van der Waals surface area (Å²) >= 11 is 7.87. The third-order valence-corrected chi connectivity index (χ3v) is 4.53. The largest absolute Gasteiger partial charge is 0.306 e. The van der Waals surface area contributed by atoms with Gasteiger partial charge in [0.2, 0.25) is 0 Å². The van der Waals surface area contributed by atoms with E-state index in [9.17, 15) is 0 Å². The molecule has 0 radical (unpaired) electrons. The van der Waals surface area contributed by atoms with Gasteiger partial charge in [0.25, 0.3) is 0 Å². The van der Waals surface area contributed by atoms with Crippen molar-refractivity contribution >= 4 is 33.2 Å². The predicted molar refractivity (Wildman–Crippen MR) is 91.2 cm³/mol. The molecule has 0 aliphatic heterocycles. The molecule has 2 nitrogen and oxygen atoms in total. The van der Waals surface area contributed by atoms with Crippen LogP contribution < -0.4 is 5.32 Å². The van der Waals surface area contributed by atoms with Gasteiger partial charge in [-0.1, -0.05) is 30.7 Å². The second kappa shape index (κ2) is 6.56. The van der Waals surface area contributed by atoms with Crippen LogP contribution in [0.3, 0.4) is 0 Å². The minimum Gasteiger partial charge on any atom is -0.306 e. The average molecular weight is 317 g/mol. The van der Waals surface area contributed by atoms with E-state index in [0.29, 0.717) is 0 Å². The molecule has 0 amide bonds. The number of rotatable bonds is 5. The van der Waals surface area contributed by atoms with Gasteiger partial charge in [0, 0.05) is 11.2 Å². The topological polar surface area (TPSA) is 24.9 Å². The highest BCUT2D eigenvalue weighted by molar-refractivity contribution is 7.17. The first-order valence-corrected chi connectivity index (χ1v) is 8.35. The van der Waals surface area contributed by atoms with Crippen LogP contribution in [0.25, 0.3) is 10.2 Å². The summed E-state index contributed by atoms with van der Waals surface area (Å²) in [5.74, 6) is 0. The van der Waals surface area contributed by atoms with Crippen molar-refractivity contribution in [3.8, 4) is 0 Å². The first-order chi connectivity index (χ1) is 10.3. The van der Waals surface area contributed by atoms with Crippen LogP contribution in [0.15, 0.2) is 48.0 Å². The molecule has 1 N–H and O–H groups in total. The smallest absolute Gasteiger partial charge is 0.0809 e. The van der Waals surface area contributed by atoms with E-state index in [4.69, 9.17) is 11.6 Å². The van der Waals surface area contributed by atoms with Gasteiger partial charge in [-0.2, -0.15) is 0 Å². The summed E-state index contributed by atoms with van der Waals surface area (Å²) in [5.41, 5.74) is 3.42. The minimum atomic E-state index is 0.127. The first kappa shape index (κ1) is 14.5. The Kier molecular flexibility index (Phi) is 4.54. The molecule has 0 saturated heterocycles. The van der Waals surface area contributed by atoms with Crippen LogP contribution in [0.2, 0.25) is 5.02 Å². The molecule has 0 aliphatic carbocycles. The lowest BCUT2D eigenvalue weighted by Crippen LogP contribution is -2.23. The number of hydrogen-bond acceptors (Lipinski definition) is 3. The highest BCUT2D eigenvalue weighted by Crippen LogP contribution is 2.28. The fourth-order valence-corrected chi connectivity index (χ4v) is 3.41. The molecule has 108 valence electrons. The lowest BCUT2D eigenvalue weighted by Gasteiger charge is -2.19. The van der Waals surface area contributed by atoms with Crippen molar-refractivity contribution in [3.63, 3.8) is 0 Å². The summed E-state index contributed by atoms with van der Waals surface area (Å²) in [6.07, 6.45) is 3.05. The number of benzene rings is 1. The lowest BCUT2D eigenvalue weighted by atomic mass is 10.00. The molecule has 0 aliphatic rings. The fourth-order valence-electron chi connectivity index (χ4n) is 2.42. The monoisotopic (exact) mass is 316 g/mol. The second-order valence-electron chi connectivity index (χ2n) is 5.01. The molecule has 1 aromatic carbocycles. The molecule has 2 heterocycles. The molecule has 3 aromatic rings. The standard InChI is InChI=1S/C17H17ClN2S/c1-2-7-19-17(12-4-3-5-14(18)9-12)13-10-16-15(20-11-13)6-8-21-16/h3-6,8-11,17,19H,2,7H2,1H3. The fraction of sp³-hybridized carbons (Fsp3) is 0.235. The van der Waals surface area contributed by atoms with Crippen LogP contribution in [0.4, 0.5) is 0 Å². The predicted octanol–water partition coefficient (Wildman–Crippen LogP) is 5.04. The minimum absolute atomic E-state index is 0.127. The van der Waals surface area contributed by atoms with Crippen LogP contribution in [0.1, 0.15) is 30.5 Å². The number of thiophene rings is 1. The van der Waals surface area contributed by atoms with Crippen LogP contribution in [-0.4, -0.2) is 11.5 Å². The van der Waals surface area contributed by atoms with Crippen LogP contribution in [-0.2, 0) is 0 Å². The third-order valence-electron chi connectivity index (χ3n) is 3.44. The Bertz CT molecular complexity index is 738. The van der Waals surface area contributed by atoms with Gasteiger partial charge in [-0.05, 0) is 53.7 Å². The zero-order valence-electron chi connectivity index (χ0n) is 11.8. The summed E-state index contributed by atoms with van der Waals surface area (Å²) in [6, 6.07) is 12.4. The maximum atomic E-state index is 6.15. The molecule has 3 rings (SSSR count). The van der Waals surface area contributed by atoms with Gasteiger partial charge in [-0.3, -0.25) is 4.98 Å². The van der Waals surface area contributed by atoms with E-state index in [-0.39, 0.29) is 6.04 Å². The zero-order chi connectivity index (χ0) is 14.7. The number of aromatic nitrogens is 1. The van der Waals surface area contributed by atoms with Gasteiger partial charge in [0.1, 0.15) is 0 Å². The number of nitrogens with one attached hydrogen (secondary N) is 1. The average Bonchev–Trinajstić information content (AvgIpc) is 2.95. The number of hydrogen-bond donors (Lipinski definition) is 1. The van der Waals surface area contributed by atoms with Crippen molar-refractivity contribution < 1.29 is 0 Å². The molecule has 0 spiro atoms. The van der Waals surface area contributed by atoms with Crippen LogP contribution in [0.5, 0.6) is 0 Å². The van der Waals surface area contributed by atoms with Crippen molar-refractivity contribution in [2.45, 2.75) is 19.4 Å². The van der Waals surface area contributed by atoms with E-state index < -0.39 is 0 Å². The van der Waals surface area contributed by atoms with Gasteiger partial charge < -0.3 is 5.32 Å². The van der Waals surface area contributed by atoms with Crippen molar-refractivity contribution in [3.05, 3.63) is 64.1 Å². The van der Waals surface area contributed by atoms with Gasteiger partial charge in [0.05, 0.1) is 16.3 Å². The van der Waals surface area contributed by atoms with Crippen molar-refractivity contribution in [1.29, 1.82) is 0 Å². The lowest BCUT2D eigenvalue weighted by molar-refractivity contribution is 0.598. The van der Waals surface area contributed by atoms with Gasteiger partial charge >= 0.3 is 0 Å². The second-order valence-corrected chi connectivity index (χ2v) is 6.40. The highest BCUT2D eigenvalue weighted by atomic mass is 35.5. The molecule has 0 saturated carbocycles. The summed E-state index contributed by atoms with van der Waals surface area (Å²) in [4.78, 5) is 4.56. The number of fused-ring (bicyclic) bond motifs is 1. The van der Waals surface area contributed by atoms with Crippen LogP contribution >= 0.6 is 22.9 Å². The summed E-state index contributed by atoms with van der Waals surface area (Å²) in [5, 5.41) is 6.44. The summed E-state index contributed by atoms with van der Waals surface area (Å²) < 4.78 is 1.22. The molecule has 0 bridgehead atoms. The van der Waals surface area contributed by atoms with E-state index >= 15 is 0 Å². The molecule has 1 atom stereocenters. The van der Waals surface area contributed by atoms with Crippen molar-refractivity contribution in [2.24, 2.45) is 0 Å². The SMILES string of the molecule is CCCNC(c1cccc(Cl)c1)c1cnc2ccsc2c1. The van der Waals surface area contributed by atoms with Crippen LogP contribution in [0, 0.1) is 0 Å². The zero-order valence-corrected chi connectivity index (χ0v) is 13.4. The molecule has 1 unspecified atom stereocenters. The molecule has 4 heteroatoms. The Hall–Kier alpha value is -1.42. The number of nitrogens with zero attached hydrogens (tertiary/aromatic N) is 1. The summed E-state index contributed by atoms with van der Waals surface area (Å²) in [7, 11) is 0. The Morgan fingerprint density at radius 3 is 2.95 bits per heavy atom. The first-order valence-electron chi connectivity index (χ1n) is 7.10. The van der Waals surface area contributed by atoms with Gasteiger partial charge in [0.15, 0.2) is 0 Å². The van der Waals surface area contributed by atoms with Crippen molar-refractivity contribution in [2.75, 3.05) is 6.54 Å². The quantitative estimate of drug-likeness (QED) is 0.713. The molecular formula is C17H17ClN2S. The van der Waals surface area contributed by atoms with Gasteiger partial charge in [-0.15, -0.1) is 11.3 Å². The van der Waals surface area contributed by atoms with Crippen molar-refractivity contribution in [1.82, 2.24) is 10.3 Å². The van der Waals surface area contributed by atoms with Gasteiger partial charge in [-0.25, -0.2) is 0 Å². The van der Waals surface area contributed by atoms with E-state index in [1.807, 2.05) is 24.4 Å². The number of halogens is 1. The highest BCUT2D eigenvalue weighted by Gasteiger charge is 2.15. The van der Waals surface area contributed by atoms with E-state index in [2.05, 4.69) is 40.8 Å². The Morgan fingerprint density at radius 1 is 1.24 bits per heavy atom. The molecule has 21 heavy (non-hydrogen) atoms. The molecule has 0 fully saturated rings. The van der Waals surface area contributed by atoms with E-state index in [1.165, 1.54) is 15.8 Å².